The van der Waals surface area contributed by atoms with Crippen LogP contribution in [0.15, 0.2) is 47.4 Å². The Kier molecular flexibility index (Phi) is 6.47. The number of sulfonamides is 1. The molecule has 0 spiro atoms. The van der Waals surface area contributed by atoms with Gasteiger partial charge in [-0.2, -0.15) is 13.2 Å². The van der Waals surface area contributed by atoms with Gasteiger partial charge in [-0.05, 0) is 37.6 Å². The van der Waals surface area contributed by atoms with Crippen LogP contribution in [0.2, 0.25) is 0 Å². The Balaban J connectivity index is 1.74. The topological polar surface area (TPSA) is 66.5 Å². The van der Waals surface area contributed by atoms with Gasteiger partial charge in [0.1, 0.15) is 11.3 Å². The summed E-state index contributed by atoms with van der Waals surface area (Å²) in [7, 11) is -4.21. The SMILES string of the molecule is Cc1ccc(S(=O)(=O)N2CC(C(=O)Nc3c(F)c(F)c(C(F)(F)F)c(F)c3F)c3cc(C)ccc32)cc1. The van der Waals surface area contributed by atoms with Gasteiger partial charge in [0.2, 0.25) is 5.91 Å². The van der Waals surface area contributed by atoms with Gasteiger partial charge in [0.15, 0.2) is 23.3 Å². The highest BCUT2D eigenvalue weighted by atomic mass is 32.2. The number of benzene rings is 3. The molecule has 3 aromatic rings. The van der Waals surface area contributed by atoms with Crippen LogP contribution in [0.25, 0.3) is 0 Å². The molecule has 0 saturated carbocycles. The first-order valence-electron chi connectivity index (χ1n) is 10.6. The zero-order valence-electron chi connectivity index (χ0n) is 19.1. The van der Waals surface area contributed by atoms with Crippen molar-refractivity contribution in [2.45, 2.75) is 30.8 Å². The van der Waals surface area contributed by atoms with Crippen LogP contribution in [0, 0.1) is 37.1 Å². The van der Waals surface area contributed by atoms with Crippen LogP contribution in [0.4, 0.5) is 42.1 Å². The second-order valence-electron chi connectivity index (χ2n) is 8.46. The molecule has 3 aromatic carbocycles. The van der Waals surface area contributed by atoms with E-state index in [4.69, 9.17) is 0 Å². The smallest absolute Gasteiger partial charge is 0.320 e. The maximum absolute atomic E-state index is 14.4. The molecular weight excluding hydrogens is 529 g/mol. The zero-order valence-corrected chi connectivity index (χ0v) is 19.9. The fourth-order valence-electron chi connectivity index (χ4n) is 4.03. The van der Waals surface area contributed by atoms with E-state index >= 15 is 0 Å². The first-order chi connectivity index (χ1) is 17.1. The number of nitrogens with one attached hydrogen (secondary N) is 1. The van der Waals surface area contributed by atoms with E-state index in [1.165, 1.54) is 24.3 Å². The molecule has 1 aliphatic rings. The maximum Gasteiger partial charge on any atom is 0.422 e. The number of carbonyl (C=O) groups excluding carboxylic acids is 1. The van der Waals surface area contributed by atoms with Gasteiger partial charge in [-0.15, -0.1) is 0 Å². The van der Waals surface area contributed by atoms with Crippen LogP contribution in [0.5, 0.6) is 0 Å². The fourth-order valence-corrected chi connectivity index (χ4v) is 5.54. The van der Waals surface area contributed by atoms with Crippen molar-refractivity contribution in [2.75, 3.05) is 16.2 Å². The number of hydrogen-bond acceptors (Lipinski definition) is 3. The Labute approximate surface area is 206 Å². The molecule has 37 heavy (non-hydrogen) atoms. The van der Waals surface area contributed by atoms with E-state index in [1.54, 1.807) is 37.4 Å². The summed E-state index contributed by atoms with van der Waals surface area (Å²) in [4.78, 5) is 12.9. The normalized spacial score (nSPS) is 15.6. The molecule has 1 aliphatic heterocycles. The second-order valence-corrected chi connectivity index (χ2v) is 10.3. The highest BCUT2D eigenvalue weighted by Crippen LogP contribution is 2.42. The van der Waals surface area contributed by atoms with E-state index in [-0.39, 0.29) is 16.1 Å². The number of alkyl halides is 3. The van der Waals surface area contributed by atoms with E-state index in [1.807, 2.05) is 0 Å². The lowest BCUT2D eigenvalue weighted by Crippen LogP contribution is -2.33. The highest BCUT2D eigenvalue weighted by molar-refractivity contribution is 7.92. The number of fused-ring (bicyclic) bond motifs is 1. The van der Waals surface area contributed by atoms with Crippen LogP contribution in [0.1, 0.15) is 28.2 Å². The molecule has 0 bridgehead atoms. The third-order valence-electron chi connectivity index (χ3n) is 5.90. The molecule has 4 rings (SSSR count). The van der Waals surface area contributed by atoms with Crippen LogP contribution >= 0.6 is 0 Å². The van der Waals surface area contributed by atoms with Gasteiger partial charge in [-0.1, -0.05) is 35.4 Å². The fraction of sp³-hybridized carbons (Fsp3) is 0.208. The number of carbonyl (C=O) groups is 1. The summed E-state index contributed by atoms with van der Waals surface area (Å²) in [5.74, 6) is -13.1. The molecule has 5 nitrogen and oxygen atoms in total. The van der Waals surface area contributed by atoms with E-state index in [9.17, 15) is 43.9 Å². The van der Waals surface area contributed by atoms with Crippen molar-refractivity contribution < 1.29 is 43.9 Å². The number of nitrogens with zero attached hydrogens (tertiary/aromatic N) is 1. The summed E-state index contributed by atoms with van der Waals surface area (Å²) in [6.45, 7) is 2.83. The van der Waals surface area contributed by atoms with Gasteiger partial charge >= 0.3 is 6.18 Å². The maximum atomic E-state index is 14.4. The predicted octanol–water partition coefficient (Wildman–Crippen LogP) is 5.81. The van der Waals surface area contributed by atoms with Crippen molar-refractivity contribution in [1.82, 2.24) is 0 Å². The van der Waals surface area contributed by atoms with Gasteiger partial charge in [-0.3, -0.25) is 9.10 Å². The highest BCUT2D eigenvalue weighted by Gasteiger charge is 2.44. The third kappa shape index (κ3) is 4.52. The summed E-state index contributed by atoms with van der Waals surface area (Å²) in [5, 5.41) is 1.60. The Bertz CT molecular complexity index is 1490. The van der Waals surface area contributed by atoms with E-state index in [0.717, 1.165) is 9.87 Å². The lowest BCUT2D eigenvalue weighted by molar-refractivity contribution is -0.143. The van der Waals surface area contributed by atoms with Gasteiger partial charge in [-0.25, -0.2) is 26.0 Å². The van der Waals surface area contributed by atoms with Gasteiger partial charge < -0.3 is 5.32 Å². The molecule has 0 fully saturated rings. The van der Waals surface area contributed by atoms with E-state index in [0.29, 0.717) is 5.56 Å². The molecule has 0 aliphatic carbocycles. The largest absolute Gasteiger partial charge is 0.422 e. The standard InChI is InChI=1S/C24H17F7N2O3S/c1-11-3-6-13(7-4-11)37(35,36)33-10-15(14-9-12(2)5-8-16(14)33)23(34)32-22-20(27)18(25)17(24(29,30)31)19(26)21(22)28/h3-9,15H,10H2,1-2H3,(H,32,34). The minimum absolute atomic E-state index is 0.0806. The molecule has 1 unspecified atom stereocenters. The Hall–Kier alpha value is -3.61. The molecule has 0 saturated heterocycles. The zero-order chi connectivity index (χ0) is 27.4. The molecule has 1 N–H and O–H groups in total. The van der Waals surface area contributed by atoms with Crippen LogP contribution in [-0.2, 0) is 21.0 Å². The number of hydrogen-bond donors (Lipinski definition) is 1. The summed E-state index contributed by atoms with van der Waals surface area (Å²) >= 11 is 0. The monoisotopic (exact) mass is 546 g/mol. The number of anilines is 2. The average molecular weight is 546 g/mol. The molecular formula is C24H17F7N2O3S. The summed E-state index contributed by atoms with van der Waals surface area (Å²) in [6.07, 6.45) is -5.74. The van der Waals surface area contributed by atoms with Gasteiger partial charge in [0.25, 0.3) is 10.0 Å². The minimum Gasteiger partial charge on any atom is -0.320 e. The molecule has 1 heterocycles. The number of rotatable bonds is 4. The van der Waals surface area contributed by atoms with Gasteiger partial charge in [0.05, 0.1) is 23.0 Å². The van der Waals surface area contributed by atoms with Crippen molar-refractivity contribution in [1.29, 1.82) is 0 Å². The lowest BCUT2D eigenvalue weighted by atomic mass is 9.98. The summed E-state index contributed by atoms with van der Waals surface area (Å²) in [6, 6.07) is 10.3. The molecule has 1 amide bonds. The van der Waals surface area contributed by atoms with Crippen molar-refractivity contribution in [3.8, 4) is 0 Å². The number of amides is 1. The van der Waals surface area contributed by atoms with Crippen molar-refractivity contribution >= 4 is 27.3 Å². The first-order valence-corrected chi connectivity index (χ1v) is 12.0. The van der Waals surface area contributed by atoms with E-state index < -0.39 is 69.1 Å². The van der Waals surface area contributed by atoms with E-state index in [2.05, 4.69) is 0 Å². The van der Waals surface area contributed by atoms with Crippen molar-refractivity contribution in [2.24, 2.45) is 0 Å². The Morgan fingerprint density at radius 2 is 1.43 bits per heavy atom. The summed E-state index contributed by atoms with van der Waals surface area (Å²) < 4.78 is 123. The Morgan fingerprint density at radius 3 is 1.97 bits per heavy atom. The first kappa shape index (κ1) is 26.5. The second kappa shape index (κ2) is 9.05. The van der Waals surface area contributed by atoms with Crippen LogP contribution in [0.3, 0.4) is 0 Å². The van der Waals surface area contributed by atoms with Gasteiger partial charge in [0, 0.05) is 0 Å². The molecule has 0 aromatic heterocycles. The predicted molar refractivity (Wildman–Crippen MR) is 120 cm³/mol. The Morgan fingerprint density at radius 1 is 0.892 bits per heavy atom. The van der Waals surface area contributed by atoms with Crippen LogP contribution in [-0.4, -0.2) is 20.9 Å². The lowest BCUT2D eigenvalue weighted by Gasteiger charge is -2.20. The molecule has 13 heteroatoms. The average Bonchev–Trinajstić information content (AvgIpc) is 3.19. The summed E-state index contributed by atoms with van der Waals surface area (Å²) in [5.41, 5.74) is -2.96. The van der Waals surface area contributed by atoms with Crippen molar-refractivity contribution in [3.05, 3.63) is 88.0 Å². The third-order valence-corrected chi connectivity index (χ3v) is 7.69. The number of halogens is 7. The molecule has 1 atom stereocenters. The van der Waals surface area contributed by atoms with Crippen LogP contribution < -0.4 is 9.62 Å². The molecule has 196 valence electrons. The van der Waals surface area contributed by atoms with Crippen molar-refractivity contribution in [3.63, 3.8) is 0 Å². The number of aryl methyl sites for hydroxylation is 2. The minimum atomic E-state index is -5.74. The molecule has 0 radical (unpaired) electrons. The quantitative estimate of drug-likeness (QED) is 0.332.